The highest BCUT2D eigenvalue weighted by molar-refractivity contribution is 7.92. The number of methoxy groups -OCH3 is 1. The molecule has 1 N–H and O–H groups in total. The number of carbonyl (C=O) groups is 2. The number of carbonyl (C=O) groups excluding carboxylic acids is 2. The van der Waals surface area contributed by atoms with Crippen molar-refractivity contribution in [3.8, 4) is 17.2 Å². The highest BCUT2D eigenvalue weighted by atomic mass is 32.2. The van der Waals surface area contributed by atoms with Gasteiger partial charge in [0, 0.05) is 18.7 Å². The summed E-state index contributed by atoms with van der Waals surface area (Å²) in [5.41, 5.74) is 1.06. The number of nitrogens with zero attached hydrogens (tertiary/aromatic N) is 2. The number of rotatable bonds is 12. The Balaban J connectivity index is 1.66. The van der Waals surface area contributed by atoms with Crippen LogP contribution in [0.4, 0.5) is 5.69 Å². The predicted octanol–water partition coefficient (Wildman–Crippen LogP) is 3.49. The SMILES string of the molecule is CC[C@H](C(=O)NC1CCCC1)N(Cc1cccc(OC)c1)C(=O)CN(c1ccc2c(c1)OCCO2)S(=O)(=O)CC. The lowest BCUT2D eigenvalue weighted by atomic mass is 10.1. The van der Waals surface area contributed by atoms with Gasteiger partial charge >= 0.3 is 0 Å². The van der Waals surface area contributed by atoms with Gasteiger partial charge in [0.05, 0.1) is 18.6 Å². The third-order valence-electron chi connectivity index (χ3n) is 7.37. The molecule has 0 unspecified atom stereocenters. The van der Waals surface area contributed by atoms with E-state index in [0.717, 1.165) is 35.6 Å². The Kier molecular flexibility index (Phi) is 9.78. The Bertz CT molecular complexity index is 1290. The Morgan fingerprint density at radius 2 is 1.77 bits per heavy atom. The Morgan fingerprint density at radius 3 is 2.45 bits per heavy atom. The lowest BCUT2D eigenvalue weighted by molar-refractivity contribution is -0.140. The monoisotopic (exact) mass is 573 g/mol. The maximum atomic E-state index is 14.0. The minimum atomic E-state index is -3.85. The number of ether oxygens (including phenoxy) is 3. The fraction of sp³-hybridized carbons (Fsp3) is 0.517. The standard InChI is InChI=1S/C29H39N3O7S/c1-4-25(29(34)30-22-10-6-7-11-22)31(19-21-9-8-12-24(17-21)37-3)28(33)20-32(40(35,36)5-2)23-13-14-26-27(18-23)39-16-15-38-26/h8-9,12-14,17-18,22,25H,4-7,10-11,15-16,19-20H2,1-3H3,(H,30,34)/t25-/m1/s1. The van der Waals surface area contributed by atoms with Gasteiger partial charge in [-0.25, -0.2) is 8.42 Å². The van der Waals surface area contributed by atoms with Crippen LogP contribution in [-0.4, -0.2) is 69.8 Å². The molecule has 1 saturated carbocycles. The zero-order valence-electron chi connectivity index (χ0n) is 23.4. The molecule has 218 valence electrons. The molecule has 2 aromatic rings. The molecule has 1 heterocycles. The van der Waals surface area contributed by atoms with Gasteiger partial charge in [0.25, 0.3) is 0 Å². The largest absolute Gasteiger partial charge is 0.497 e. The summed E-state index contributed by atoms with van der Waals surface area (Å²) >= 11 is 0. The van der Waals surface area contributed by atoms with Crippen LogP contribution in [0.5, 0.6) is 17.2 Å². The van der Waals surface area contributed by atoms with Crippen molar-refractivity contribution in [3.63, 3.8) is 0 Å². The van der Waals surface area contributed by atoms with Crippen LogP contribution in [0.3, 0.4) is 0 Å². The summed E-state index contributed by atoms with van der Waals surface area (Å²) in [6.07, 6.45) is 4.33. The molecule has 0 spiro atoms. The fourth-order valence-corrected chi connectivity index (χ4v) is 6.22. The van der Waals surface area contributed by atoms with Gasteiger partial charge in [0.15, 0.2) is 11.5 Å². The van der Waals surface area contributed by atoms with Gasteiger partial charge in [-0.05, 0) is 56.0 Å². The molecule has 0 radical (unpaired) electrons. The van der Waals surface area contributed by atoms with Crippen molar-refractivity contribution >= 4 is 27.5 Å². The topological polar surface area (TPSA) is 114 Å². The van der Waals surface area contributed by atoms with Crippen LogP contribution in [0.25, 0.3) is 0 Å². The molecule has 1 atom stereocenters. The summed E-state index contributed by atoms with van der Waals surface area (Å²) in [6.45, 7) is 3.79. The van der Waals surface area contributed by atoms with E-state index in [1.165, 1.54) is 11.8 Å². The predicted molar refractivity (Wildman–Crippen MR) is 152 cm³/mol. The quantitative estimate of drug-likeness (QED) is 0.413. The maximum Gasteiger partial charge on any atom is 0.244 e. The van der Waals surface area contributed by atoms with E-state index in [-0.39, 0.29) is 24.2 Å². The molecule has 40 heavy (non-hydrogen) atoms. The Hall–Kier alpha value is -3.47. The Morgan fingerprint density at radius 1 is 1.05 bits per heavy atom. The molecule has 2 amide bonds. The normalized spacial score (nSPS) is 15.8. The summed E-state index contributed by atoms with van der Waals surface area (Å²) in [7, 11) is -2.29. The Labute approximate surface area is 236 Å². The summed E-state index contributed by atoms with van der Waals surface area (Å²) in [4.78, 5) is 29.0. The summed E-state index contributed by atoms with van der Waals surface area (Å²) in [5, 5.41) is 3.11. The number of hydrogen-bond donors (Lipinski definition) is 1. The van der Waals surface area contributed by atoms with E-state index in [1.54, 1.807) is 31.4 Å². The second-order valence-corrected chi connectivity index (χ2v) is 12.2. The maximum absolute atomic E-state index is 14.0. The van der Waals surface area contributed by atoms with E-state index < -0.39 is 28.5 Å². The second kappa shape index (κ2) is 13.3. The van der Waals surface area contributed by atoms with Crippen LogP contribution in [0.2, 0.25) is 0 Å². The molecule has 1 aliphatic heterocycles. The van der Waals surface area contributed by atoms with Crippen molar-refractivity contribution in [1.82, 2.24) is 10.2 Å². The molecule has 2 aliphatic rings. The lowest BCUT2D eigenvalue weighted by Gasteiger charge is -2.34. The van der Waals surface area contributed by atoms with Crippen LogP contribution in [0.1, 0.15) is 51.5 Å². The van der Waals surface area contributed by atoms with Crippen molar-refractivity contribution in [1.29, 1.82) is 0 Å². The van der Waals surface area contributed by atoms with Crippen LogP contribution in [0.15, 0.2) is 42.5 Å². The molecule has 1 aliphatic carbocycles. The average Bonchev–Trinajstić information content (AvgIpc) is 3.48. The first kappa shape index (κ1) is 29.5. The number of nitrogens with one attached hydrogen (secondary N) is 1. The van der Waals surface area contributed by atoms with Crippen LogP contribution >= 0.6 is 0 Å². The molecular weight excluding hydrogens is 534 g/mol. The number of amides is 2. The first-order valence-electron chi connectivity index (χ1n) is 13.9. The zero-order valence-corrected chi connectivity index (χ0v) is 24.2. The van der Waals surface area contributed by atoms with Gasteiger partial charge in [0.1, 0.15) is 31.5 Å². The summed E-state index contributed by atoms with van der Waals surface area (Å²) in [6, 6.07) is 11.4. The van der Waals surface area contributed by atoms with Crippen molar-refractivity contribution in [2.45, 2.75) is 64.6 Å². The van der Waals surface area contributed by atoms with E-state index >= 15 is 0 Å². The van der Waals surface area contributed by atoms with Gasteiger partial charge in [-0.3, -0.25) is 13.9 Å². The second-order valence-electron chi connectivity index (χ2n) is 10.0. The van der Waals surface area contributed by atoms with E-state index in [4.69, 9.17) is 14.2 Å². The van der Waals surface area contributed by atoms with Crippen molar-refractivity contribution in [2.24, 2.45) is 0 Å². The number of benzene rings is 2. The first-order chi connectivity index (χ1) is 19.2. The molecule has 0 aromatic heterocycles. The minimum absolute atomic E-state index is 0.0880. The van der Waals surface area contributed by atoms with Crippen molar-refractivity contribution in [3.05, 3.63) is 48.0 Å². The summed E-state index contributed by atoms with van der Waals surface area (Å²) < 4.78 is 44.2. The van der Waals surface area contributed by atoms with Crippen molar-refractivity contribution in [2.75, 3.05) is 36.9 Å². The smallest absolute Gasteiger partial charge is 0.244 e. The first-order valence-corrected chi connectivity index (χ1v) is 15.5. The molecule has 0 bridgehead atoms. The average molecular weight is 574 g/mol. The molecule has 2 aromatic carbocycles. The molecule has 1 fully saturated rings. The third-order valence-corrected chi connectivity index (χ3v) is 9.11. The molecule has 4 rings (SSSR count). The van der Waals surface area contributed by atoms with E-state index in [0.29, 0.717) is 42.6 Å². The van der Waals surface area contributed by atoms with Gasteiger partial charge in [-0.2, -0.15) is 0 Å². The molecule has 10 nitrogen and oxygen atoms in total. The van der Waals surface area contributed by atoms with Gasteiger partial charge in [0.2, 0.25) is 21.8 Å². The van der Waals surface area contributed by atoms with Gasteiger partial charge in [-0.1, -0.05) is 31.9 Å². The molecule has 0 saturated heterocycles. The van der Waals surface area contributed by atoms with Gasteiger partial charge < -0.3 is 24.4 Å². The number of anilines is 1. The molecule has 11 heteroatoms. The van der Waals surface area contributed by atoms with E-state index in [9.17, 15) is 18.0 Å². The summed E-state index contributed by atoms with van der Waals surface area (Å²) in [5.74, 6) is 0.648. The lowest BCUT2D eigenvalue weighted by Crippen LogP contribution is -2.53. The zero-order chi connectivity index (χ0) is 28.7. The fourth-order valence-electron chi connectivity index (χ4n) is 5.16. The number of sulfonamides is 1. The third kappa shape index (κ3) is 6.99. The minimum Gasteiger partial charge on any atom is -0.497 e. The highest BCUT2D eigenvalue weighted by Gasteiger charge is 2.34. The van der Waals surface area contributed by atoms with Crippen LogP contribution in [-0.2, 0) is 26.2 Å². The van der Waals surface area contributed by atoms with Gasteiger partial charge in [-0.15, -0.1) is 0 Å². The molecular formula is C29H39N3O7S. The van der Waals surface area contributed by atoms with Crippen molar-refractivity contribution < 1.29 is 32.2 Å². The number of fused-ring (bicyclic) bond motifs is 1. The van der Waals surface area contributed by atoms with Crippen LogP contribution < -0.4 is 23.8 Å². The number of hydrogen-bond acceptors (Lipinski definition) is 7. The van der Waals surface area contributed by atoms with E-state index in [1.807, 2.05) is 25.1 Å². The van der Waals surface area contributed by atoms with Crippen LogP contribution in [0, 0.1) is 0 Å². The highest BCUT2D eigenvalue weighted by Crippen LogP contribution is 2.35. The van der Waals surface area contributed by atoms with E-state index in [2.05, 4.69) is 5.32 Å².